The van der Waals surface area contributed by atoms with E-state index in [0.29, 0.717) is 0 Å². The molecule has 1 atom stereocenters. The average molecular weight is 210 g/mol. The SMILES string of the molecule is CCN(CC=C(C)C)CC1CCCCN1. The third kappa shape index (κ3) is 5.33. The van der Waals surface area contributed by atoms with Crippen LogP contribution in [-0.4, -0.2) is 37.1 Å². The first-order chi connectivity index (χ1) is 7.22. The maximum absolute atomic E-state index is 3.61. The van der Waals surface area contributed by atoms with Crippen LogP contribution in [0.3, 0.4) is 0 Å². The normalized spacial score (nSPS) is 21.7. The molecule has 1 N–H and O–H groups in total. The van der Waals surface area contributed by atoms with Crippen LogP contribution < -0.4 is 5.32 Å². The lowest BCUT2D eigenvalue weighted by molar-refractivity contribution is 0.252. The molecule has 1 fully saturated rings. The van der Waals surface area contributed by atoms with Crippen molar-refractivity contribution in [3.63, 3.8) is 0 Å². The molecule has 1 saturated heterocycles. The third-order valence-electron chi connectivity index (χ3n) is 3.10. The van der Waals surface area contributed by atoms with Gasteiger partial charge in [-0.3, -0.25) is 4.90 Å². The maximum atomic E-state index is 3.61. The Morgan fingerprint density at radius 3 is 2.73 bits per heavy atom. The number of nitrogens with zero attached hydrogens (tertiary/aromatic N) is 1. The van der Waals surface area contributed by atoms with Gasteiger partial charge in [-0.25, -0.2) is 0 Å². The van der Waals surface area contributed by atoms with E-state index in [1.807, 2.05) is 0 Å². The second-order valence-electron chi connectivity index (χ2n) is 4.78. The van der Waals surface area contributed by atoms with E-state index in [-0.39, 0.29) is 0 Å². The van der Waals surface area contributed by atoms with E-state index in [1.165, 1.54) is 37.9 Å². The van der Waals surface area contributed by atoms with Crippen molar-refractivity contribution < 1.29 is 0 Å². The number of likely N-dealkylation sites (N-methyl/N-ethyl adjacent to an activating group) is 1. The lowest BCUT2D eigenvalue weighted by atomic mass is 10.0. The molecule has 0 amide bonds. The molecule has 15 heavy (non-hydrogen) atoms. The van der Waals surface area contributed by atoms with E-state index in [2.05, 4.69) is 37.1 Å². The van der Waals surface area contributed by atoms with Crippen LogP contribution >= 0.6 is 0 Å². The highest BCUT2D eigenvalue weighted by Crippen LogP contribution is 2.08. The molecule has 1 unspecified atom stereocenters. The van der Waals surface area contributed by atoms with Gasteiger partial charge >= 0.3 is 0 Å². The second kappa shape index (κ2) is 7.02. The van der Waals surface area contributed by atoms with Gasteiger partial charge in [-0.05, 0) is 39.8 Å². The molecule has 0 radical (unpaired) electrons. The number of hydrogen-bond donors (Lipinski definition) is 1. The third-order valence-corrected chi connectivity index (χ3v) is 3.10. The van der Waals surface area contributed by atoms with Crippen LogP contribution in [0.5, 0.6) is 0 Å². The van der Waals surface area contributed by atoms with E-state index in [9.17, 15) is 0 Å². The monoisotopic (exact) mass is 210 g/mol. The van der Waals surface area contributed by atoms with Crippen molar-refractivity contribution in [2.24, 2.45) is 0 Å². The Hall–Kier alpha value is -0.340. The quantitative estimate of drug-likeness (QED) is 0.701. The summed E-state index contributed by atoms with van der Waals surface area (Å²) in [7, 11) is 0. The van der Waals surface area contributed by atoms with Gasteiger partial charge in [0, 0.05) is 19.1 Å². The van der Waals surface area contributed by atoms with Crippen molar-refractivity contribution in [2.75, 3.05) is 26.2 Å². The summed E-state index contributed by atoms with van der Waals surface area (Å²) in [6, 6.07) is 0.726. The Labute approximate surface area is 94.7 Å². The average Bonchev–Trinajstić information content (AvgIpc) is 2.25. The Kier molecular flexibility index (Phi) is 5.96. The predicted octanol–water partition coefficient (Wildman–Crippen LogP) is 2.42. The van der Waals surface area contributed by atoms with Crippen molar-refractivity contribution in [2.45, 2.75) is 46.1 Å². The van der Waals surface area contributed by atoms with Gasteiger partial charge in [-0.15, -0.1) is 0 Å². The summed E-state index contributed by atoms with van der Waals surface area (Å²) in [5, 5.41) is 3.61. The predicted molar refractivity (Wildman–Crippen MR) is 67.2 cm³/mol. The second-order valence-corrected chi connectivity index (χ2v) is 4.78. The number of hydrogen-bond acceptors (Lipinski definition) is 2. The van der Waals surface area contributed by atoms with Crippen molar-refractivity contribution in [1.82, 2.24) is 10.2 Å². The summed E-state index contributed by atoms with van der Waals surface area (Å²) >= 11 is 0. The molecule has 2 heteroatoms. The lowest BCUT2D eigenvalue weighted by Gasteiger charge is -2.29. The fourth-order valence-corrected chi connectivity index (χ4v) is 2.04. The first-order valence-corrected chi connectivity index (χ1v) is 6.31. The zero-order chi connectivity index (χ0) is 11.1. The standard InChI is InChI=1S/C13H26N2/c1-4-15(10-8-12(2)3)11-13-7-5-6-9-14-13/h8,13-14H,4-7,9-11H2,1-3H3. The van der Waals surface area contributed by atoms with Gasteiger partial charge in [0.15, 0.2) is 0 Å². The van der Waals surface area contributed by atoms with Crippen LogP contribution in [0, 0.1) is 0 Å². The summed E-state index contributed by atoms with van der Waals surface area (Å²) in [5.74, 6) is 0. The summed E-state index contributed by atoms with van der Waals surface area (Å²) in [5.41, 5.74) is 1.42. The number of piperidine rings is 1. The molecule has 0 aromatic heterocycles. The van der Waals surface area contributed by atoms with Crippen molar-refractivity contribution in [3.05, 3.63) is 11.6 Å². The van der Waals surface area contributed by atoms with Crippen molar-refractivity contribution >= 4 is 0 Å². The van der Waals surface area contributed by atoms with Crippen LogP contribution in [-0.2, 0) is 0 Å². The largest absolute Gasteiger partial charge is 0.313 e. The summed E-state index contributed by atoms with van der Waals surface area (Å²) in [6.07, 6.45) is 6.44. The first kappa shape index (κ1) is 12.7. The Balaban J connectivity index is 2.28. The van der Waals surface area contributed by atoms with E-state index < -0.39 is 0 Å². The Morgan fingerprint density at radius 1 is 1.40 bits per heavy atom. The fourth-order valence-electron chi connectivity index (χ4n) is 2.04. The molecule has 0 aromatic rings. The minimum atomic E-state index is 0.726. The molecule has 1 aliphatic rings. The number of rotatable bonds is 5. The van der Waals surface area contributed by atoms with Crippen molar-refractivity contribution in [3.8, 4) is 0 Å². The highest BCUT2D eigenvalue weighted by atomic mass is 15.1. The van der Waals surface area contributed by atoms with E-state index >= 15 is 0 Å². The van der Waals surface area contributed by atoms with Crippen molar-refractivity contribution in [1.29, 1.82) is 0 Å². The molecule has 0 aliphatic carbocycles. The van der Waals surface area contributed by atoms with Gasteiger partial charge in [0.05, 0.1) is 0 Å². The fraction of sp³-hybridized carbons (Fsp3) is 0.846. The summed E-state index contributed by atoms with van der Waals surface area (Å²) < 4.78 is 0. The van der Waals surface area contributed by atoms with Crippen LogP contribution in [0.25, 0.3) is 0 Å². The van der Waals surface area contributed by atoms with Crippen LogP contribution in [0.1, 0.15) is 40.0 Å². The molecule has 0 saturated carbocycles. The molecular formula is C13H26N2. The molecule has 0 spiro atoms. The smallest absolute Gasteiger partial charge is 0.0195 e. The van der Waals surface area contributed by atoms with Gasteiger partial charge < -0.3 is 5.32 Å². The van der Waals surface area contributed by atoms with Crippen LogP contribution in [0.15, 0.2) is 11.6 Å². The van der Waals surface area contributed by atoms with E-state index in [0.717, 1.165) is 19.1 Å². The minimum absolute atomic E-state index is 0.726. The van der Waals surface area contributed by atoms with E-state index in [4.69, 9.17) is 0 Å². The Morgan fingerprint density at radius 2 is 2.20 bits per heavy atom. The zero-order valence-electron chi connectivity index (χ0n) is 10.6. The van der Waals surface area contributed by atoms with Crippen LogP contribution in [0.4, 0.5) is 0 Å². The lowest BCUT2D eigenvalue weighted by Crippen LogP contribution is -2.43. The minimum Gasteiger partial charge on any atom is -0.313 e. The molecule has 1 heterocycles. The summed E-state index contributed by atoms with van der Waals surface area (Å²) in [4.78, 5) is 2.52. The summed E-state index contributed by atoms with van der Waals surface area (Å²) in [6.45, 7) is 11.3. The molecular weight excluding hydrogens is 184 g/mol. The van der Waals surface area contributed by atoms with Gasteiger partial charge in [-0.2, -0.15) is 0 Å². The highest BCUT2D eigenvalue weighted by Gasteiger charge is 2.14. The number of nitrogens with one attached hydrogen (secondary N) is 1. The maximum Gasteiger partial charge on any atom is 0.0195 e. The first-order valence-electron chi connectivity index (χ1n) is 6.31. The topological polar surface area (TPSA) is 15.3 Å². The molecule has 88 valence electrons. The highest BCUT2D eigenvalue weighted by molar-refractivity contribution is 4.95. The molecule has 0 aromatic carbocycles. The molecule has 2 nitrogen and oxygen atoms in total. The zero-order valence-corrected chi connectivity index (χ0v) is 10.6. The Bertz CT molecular complexity index is 189. The number of allylic oxidation sites excluding steroid dienone is 1. The molecule has 1 rings (SSSR count). The molecule has 1 aliphatic heterocycles. The molecule has 0 bridgehead atoms. The van der Waals surface area contributed by atoms with Gasteiger partial charge in [-0.1, -0.05) is 25.0 Å². The van der Waals surface area contributed by atoms with Crippen LogP contribution in [0.2, 0.25) is 0 Å². The van der Waals surface area contributed by atoms with Gasteiger partial charge in [0.25, 0.3) is 0 Å². The van der Waals surface area contributed by atoms with E-state index in [1.54, 1.807) is 0 Å². The van der Waals surface area contributed by atoms with Gasteiger partial charge in [0.2, 0.25) is 0 Å². The van der Waals surface area contributed by atoms with Gasteiger partial charge in [0.1, 0.15) is 0 Å².